The first-order valence-electron chi connectivity index (χ1n) is 12.4. The van der Waals surface area contributed by atoms with Crippen LogP contribution in [0.5, 0.6) is 0 Å². The SMILES string of the molecule is COC(=O)NCCCn1nc([C@@H](C)N(C(=O)[C@H]2CNCCO2)C2CC2)c2ccc(CN(C)C)nc21. The van der Waals surface area contributed by atoms with E-state index in [-0.39, 0.29) is 18.0 Å². The molecular weight excluding hydrogens is 450 g/mol. The lowest BCUT2D eigenvalue weighted by Gasteiger charge is -2.33. The number of carbonyl (C=O) groups is 2. The Bertz CT molecular complexity index is 1030. The van der Waals surface area contributed by atoms with Gasteiger partial charge in [0.25, 0.3) is 5.91 Å². The largest absolute Gasteiger partial charge is 0.453 e. The molecule has 1 aliphatic heterocycles. The smallest absolute Gasteiger partial charge is 0.406 e. The van der Waals surface area contributed by atoms with E-state index in [9.17, 15) is 9.59 Å². The number of alkyl carbamates (subject to hydrolysis) is 1. The van der Waals surface area contributed by atoms with E-state index < -0.39 is 12.2 Å². The van der Waals surface area contributed by atoms with Crippen LogP contribution in [0.3, 0.4) is 0 Å². The maximum absolute atomic E-state index is 13.5. The Hall–Kier alpha value is -2.76. The predicted molar refractivity (Wildman–Crippen MR) is 131 cm³/mol. The first kappa shape index (κ1) is 25.3. The van der Waals surface area contributed by atoms with E-state index in [0.717, 1.165) is 41.8 Å². The molecule has 1 saturated heterocycles. The molecule has 2 aromatic heterocycles. The number of rotatable bonds is 10. The molecule has 1 aliphatic carbocycles. The highest BCUT2D eigenvalue weighted by molar-refractivity contribution is 5.84. The molecule has 0 aromatic carbocycles. The van der Waals surface area contributed by atoms with Gasteiger partial charge in [0, 0.05) is 44.2 Å². The molecule has 2 amide bonds. The quantitative estimate of drug-likeness (QED) is 0.482. The summed E-state index contributed by atoms with van der Waals surface area (Å²) in [6, 6.07) is 4.10. The molecule has 11 heteroatoms. The Labute approximate surface area is 206 Å². The third-order valence-corrected chi connectivity index (χ3v) is 6.37. The van der Waals surface area contributed by atoms with E-state index in [2.05, 4.69) is 26.3 Å². The molecule has 1 saturated carbocycles. The van der Waals surface area contributed by atoms with Crippen molar-refractivity contribution in [3.05, 3.63) is 23.5 Å². The first-order valence-corrected chi connectivity index (χ1v) is 12.4. The average Bonchev–Trinajstić information content (AvgIpc) is 3.62. The highest BCUT2D eigenvalue weighted by Crippen LogP contribution is 2.37. The van der Waals surface area contributed by atoms with Crippen LogP contribution < -0.4 is 10.6 Å². The van der Waals surface area contributed by atoms with Crippen molar-refractivity contribution in [1.29, 1.82) is 0 Å². The summed E-state index contributed by atoms with van der Waals surface area (Å²) in [6.07, 6.45) is 1.76. The van der Waals surface area contributed by atoms with Crippen LogP contribution in [-0.4, -0.2) is 96.2 Å². The number of amides is 2. The summed E-state index contributed by atoms with van der Waals surface area (Å²) in [6.45, 7) is 5.66. The van der Waals surface area contributed by atoms with Crippen LogP contribution >= 0.6 is 0 Å². The molecule has 2 atom stereocenters. The van der Waals surface area contributed by atoms with Gasteiger partial charge in [-0.25, -0.2) is 14.5 Å². The number of nitrogens with one attached hydrogen (secondary N) is 2. The molecule has 0 spiro atoms. The topological polar surface area (TPSA) is 114 Å². The van der Waals surface area contributed by atoms with Crippen LogP contribution in [0.1, 0.15) is 43.6 Å². The van der Waals surface area contributed by atoms with E-state index in [1.165, 1.54) is 7.11 Å². The minimum Gasteiger partial charge on any atom is -0.453 e. The minimum atomic E-state index is -0.464. The van der Waals surface area contributed by atoms with Crippen molar-refractivity contribution in [2.45, 2.75) is 57.5 Å². The Morgan fingerprint density at radius 1 is 1.34 bits per heavy atom. The second-order valence-electron chi connectivity index (χ2n) is 9.51. The second-order valence-corrected chi connectivity index (χ2v) is 9.51. The lowest BCUT2D eigenvalue weighted by atomic mass is 10.1. The third kappa shape index (κ3) is 6.09. The minimum absolute atomic E-state index is 0.0226. The number of aromatic nitrogens is 3. The van der Waals surface area contributed by atoms with E-state index in [4.69, 9.17) is 14.8 Å². The molecule has 35 heavy (non-hydrogen) atoms. The number of ether oxygens (including phenoxy) is 2. The van der Waals surface area contributed by atoms with Gasteiger partial charge in [-0.1, -0.05) is 0 Å². The zero-order valence-electron chi connectivity index (χ0n) is 21.1. The molecule has 4 rings (SSSR count). The number of carbonyl (C=O) groups excluding carboxylic acids is 2. The van der Waals surface area contributed by atoms with Gasteiger partial charge in [-0.2, -0.15) is 5.10 Å². The summed E-state index contributed by atoms with van der Waals surface area (Å²) >= 11 is 0. The second kappa shape index (κ2) is 11.3. The van der Waals surface area contributed by atoms with Crippen molar-refractivity contribution >= 4 is 23.0 Å². The average molecular weight is 488 g/mol. The van der Waals surface area contributed by atoms with Gasteiger partial charge in [0.15, 0.2) is 5.65 Å². The molecule has 2 aliphatic rings. The summed E-state index contributed by atoms with van der Waals surface area (Å²) < 4.78 is 12.3. The molecule has 0 radical (unpaired) electrons. The zero-order chi connectivity index (χ0) is 24.9. The van der Waals surface area contributed by atoms with Gasteiger partial charge in [0.05, 0.1) is 31.1 Å². The molecule has 192 valence electrons. The van der Waals surface area contributed by atoms with Gasteiger partial charge >= 0.3 is 6.09 Å². The molecule has 0 unspecified atom stereocenters. The predicted octanol–water partition coefficient (Wildman–Crippen LogP) is 1.28. The summed E-state index contributed by atoms with van der Waals surface area (Å²) in [7, 11) is 5.37. The Morgan fingerprint density at radius 2 is 2.14 bits per heavy atom. The maximum atomic E-state index is 13.5. The molecule has 2 aromatic rings. The highest BCUT2D eigenvalue weighted by atomic mass is 16.5. The van der Waals surface area contributed by atoms with E-state index in [1.54, 1.807) is 0 Å². The molecule has 0 bridgehead atoms. The Kier molecular flexibility index (Phi) is 8.19. The van der Waals surface area contributed by atoms with Crippen LogP contribution in [0.2, 0.25) is 0 Å². The molecule has 11 nitrogen and oxygen atoms in total. The number of fused-ring (bicyclic) bond motifs is 1. The number of pyridine rings is 1. The number of aryl methyl sites for hydroxylation is 1. The standard InChI is InChI=1S/C24H37N7O4/c1-16(31(18-7-8-18)23(32)20-14-25-11-13-35-20)21-19-9-6-17(15-29(2)3)27-22(19)30(28-21)12-5-10-26-24(33)34-4/h6,9,16,18,20,25H,5,7-8,10-15H2,1-4H3,(H,26,33)/t16-,20-/m1/s1. The van der Waals surface area contributed by atoms with E-state index in [1.807, 2.05) is 36.7 Å². The van der Waals surface area contributed by atoms with Crippen molar-refractivity contribution in [2.75, 3.05) is 47.4 Å². The van der Waals surface area contributed by atoms with Crippen molar-refractivity contribution in [2.24, 2.45) is 0 Å². The maximum Gasteiger partial charge on any atom is 0.406 e. The van der Waals surface area contributed by atoms with Crippen molar-refractivity contribution in [3.8, 4) is 0 Å². The van der Waals surface area contributed by atoms with E-state index >= 15 is 0 Å². The van der Waals surface area contributed by atoms with Gasteiger partial charge in [-0.15, -0.1) is 0 Å². The monoisotopic (exact) mass is 487 g/mol. The summed E-state index contributed by atoms with van der Waals surface area (Å²) in [5.41, 5.74) is 2.59. The van der Waals surface area contributed by atoms with Gasteiger partial charge in [-0.05, 0) is 52.4 Å². The lowest BCUT2D eigenvalue weighted by Crippen LogP contribution is -2.50. The van der Waals surface area contributed by atoms with Crippen LogP contribution in [0.4, 0.5) is 4.79 Å². The Morgan fingerprint density at radius 3 is 2.80 bits per heavy atom. The highest BCUT2D eigenvalue weighted by Gasteiger charge is 2.41. The summed E-state index contributed by atoms with van der Waals surface area (Å²) in [5.74, 6) is 0.0226. The number of methoxy groups -OCH3 is 1. The molecule has 3 heterocycles. The summed E-state index contributed by atoms with van der Waals surface area (Å²) in [4.78, 5) is 33.8. The molecular formula is C24H37N7O4. The fourth-order valence-electron chi connectivity index (χ4n) is 4.55. The zero-order valence-corrected chi connectivity index (χ0v) is 21.1. The van der Waals surface area contributed by atoms with Gasteiger partial charge < -0.3 is 29.9 Å². The molecule has 2 fully saturated rings. The third-order valence-electron chi connectivity index (χ3n) is 6.37. The van der Waals surface area contributed by atoms with E-state index in [0.29, 0.717) is 39.2 Å². The number of morpholine rings is 1. The number of hydrogen-bond acceptors (Lipinski definition) is 8. The summed E-state index contributed by atoms with van der Waals surface area (Å²) in [5, 5.41) is 11.9. The van der Waals surface area contributed by atoms with Crippen molar-refractivity contribution in [1.82, 2.24) is 35.2 Å². The first-order chi connectivity index (χ1) is 16.9. The fourth-order valence-corrected chi connectivity index (χ4v) is 4.55. The van der Waals surface area contributed by atoms with Crippen molar-refractivity contribution in [3.63, 3.8) is 0 Å². The fraction of sp³-hybridized carbons (Fsp3) is 0.667. The van der Waals surface area contributed by atoms with Gasteiger partial charge in [0.1, 0.15) is 6.10 Å². The Balaban J connectivity index is 1.61. The van der Waals surface area contributed by atoms with Gasteiger partial charge in [-0.3, -0.25) is 4.79 Å². The molecule has 2 N–H and O–H groups in total. The normalized spacial score (nSPS) is 19.1. The van der Waals surface area contributed by atoms with Crippen LogP contribution in [0.15, 0.2) is 12.1 Å². The lowest BCUT2D eigenvalue weighted by molar-refractivity contribution is -0.148. The number of nitrogens with zero attached hydrogens (tertiary/aromatic N) is 5. The van der Waals surface area contributed by atoms with Crippen LogP contribution in [-0.2, 0) is 27.4 Å². The number of hydrogen-bond donors (Lipinski definition) is 2. The van der Waals surface area contributed by atoms with Crippen LogP contribution in [0, 0.1) is 0 Å². The van der Waals surface area contributed by atoms with Crippen molar-refractivity contribution < 1.29 is 19.1 Å². The van der Waals surface area contributed by atoms with Gasteiger partial charge in [0.2, 0.25) is 0 Å². The van der Waals surface area contributed by atoms with Crippen LogP contribution in [0.25, 0.3) is 11.0 Å².